The van der Waals surface area contributed by atoms with Crippen LogP contribution in [0.3, 0.4) is 0 Å². The van der Waals surface area contributed by atoms with Crippen molar-refractivity contribution in [3.63, 3.8) is 0 Å². The van der Waals surface area contributed by atoms with E-state index in [2.05, 4.69) is 20.6 Å². The van der Waals surface area contributed by atoms with Gasteiger partial charge in [-0.05, 0) is 38.8 Å². The van der Waals surface area contributed by atoms with E-state index in [0.717, 1.165) is 37.2 Å². The zero-order chi connectivity index (χ0) is 10.5. The first-order valence-electron chi connectivity index (χ1n) is 5.61. The van der Waals surface area contributed by atoms with Gasteiger partial charge in [0.2, 0.25) is 0 Å². The van der Waals surface area contributed by atoms with Crippen LogP contribution in [0, 0.1) is 6.92 Å². The third-order valence-corrected chi connectivity index (χ3v) is 2.45. The highest BCUT2D eigenvalue weighted by Gasteiger charge is 2.19. The summed E-state index contributed by atoms with van der Waals surface area (Å²) in [5.41, 5.74) is 0. The number of anilines is 1. The van der Waals surface area contributed by atoms with Crippen molar-refractivity contribution in [3.8, 4) is 0 Å². The Balaban J connectivity index is 1.60. The van der Waals surface area contributed by atoms with E-state index in [0.29, 0.717) is 0 Å². The van der Waals surface area contributed by atoms with Gasteiger partial charge in [0.15, 0.2) is 0 Å². The summed E-state index contributed by atoms with van der Waals surface area (Å²) < 4.78 is 0. The van der Waals surface area contributed by atoms with E-state index in [1.165, 1.54) is 12.8 Å². The Bertz CT molecular complexity index is 309. The molecule has 82 valence electrons. The van der Waals surface area contributed by atoms with Crippen molar-refractivity contribution in [3.05, 3.63) is 18.1 Å². The first kappa shape index (κ1) is 10.4. The van der Waals surface area contributed by atoms with Crippen LogP contribution < -0.4 is 10.6 Å². The van der Waals surface area contributed by atoms with E-state index in [-0.39, 0.29) is 0 Å². The van der Waals surface area contributed by atoms with Crippen LogP contribution in [0.2, 0.25) is 0 Å². The fourth-order valence-electron chi connectivity index (χ4n) is 1.45. The number of rotatable bonds is 6. The second kappa shape index (κ2) is 5.07. The van der Waals surface area contributed by atoms with Gasteiger partial charge >= 0.3 is 0 Å². The molecule has 1 heterocycles. The molecular weight excluding hydrogens is 188 g/mol. The van der Waals surface area contributed by atoms with Gasteiger partial charge < -0.3 is 10.6 Å². The maximum absolute atomic E-state index is 4.28. The van der Waals surface area contributed by atoms with Crippen molar-refractivity contribution in [2.45, 2.75) is 32.2 Å². The minimum atomic E-state index is 0.811. The summed E-state index contributed by atoms with van der Waals surface area (Å²) in [5.74, 6) is 1.74. The minimum absolute atomic E-state index is 0.811. The van der Waals surface area contributed by atoms with Crippen molar-refractivity contribution in [1.29, 1.82) is 0 Å². The van der Waals surface area contributed by atoms with Crippen LogP contribution in [0.25, 0.3) is 0 Å². The van der Waals surface area contributed by atoms with Gasteiger partial charge in [-0.3, -0.25) is 0 Å². The molecule has 1 aliphatic carbocycles. The molecule has 0 atom stereocenters. The lowest BCUT2D eigenvalue weighted by Gasteiger charge is -2.06. The summed E-state index contributed by atoms with van der Waals surface area (Å²) >= 11 is 0. The van der Waals surface area contributed by atoms with Crippen LogP contribution in [-0.2, 0) is 0 Å². The van der Waals surface area contributed by atoms with Crippen molar-refractivity contribution in [1.82, 2.24) is 15.3 Å². The molecule has 0 aromatic carbocycles. The lowest BCUT2D eigenvalue weighted by atomic mass is 10.4. The van der Waals surface area contributed by atoms with E-state index in [4.69, 9.17) is 0 Å². The zero-order valence-corrected chi connectivity index (χ0v) is 9.16. The van der Waals surface area contributed by atoms with Crippen molar-refractivity contribution in [2.24, 2.45) is 0 Å². The molecule has 4 heteroatoms. The number of hydrogen-bond donors (Lipinski definition) is 2. The standard InChI is InChI=1S/C11H18N4/c1-9-12-8-5-11(15-9)14-7-2-6-13-10-3-4-10/h5,8,10,13H,2-4,6-7H2,1H3,(H,12,14,15). The van der Waals surface area contributed by atoms with E-state index < -0.39 is 0 Å². The van der Waals surface area contributed by atoms with Gasteiger partial charge in [-0.1, -0.05) is 0 Å². The molecule has 0 aliphatic heterocycles. The summed E-state index contributed by atoms with van der Waals surface area (Å²) in [7, 11) is 0. The number of aromatic nitrogens is 2. The highest BCUT2D eigenvalue weighted by molar-refractivity contribution is 5.32. The Morgan fingerprint density at radius 2 is 2.27 bits per heavy atom. The summed E-state index contributed by atoms with van der Waals surface area (Å²) in [5, 5.41) is 6.77. The molecule has 1 saturated carbocycles. The monoisotopic (exact) mass is 206 g/mol. The topological polar surface area (TPSA) is 49.8 Å². The van der Waals surface area contributed by atoms with E-state index in [1.54, 1.807) is 6.20 Å². The molecule has 15 heavy (non-hydrogen) atoms. The zero-order valence-electron chi connectivity index (χ0n) is 9.16. The fraction of sp³-hybridized carbons (Fsp3) is 0.636. The van der Waals surface area contributed by atoms with Crippen LogP contribution >= 0.6 is 0 Å². The van der Waals surface area contributed by atoms with Crippen LogP contribution in [0.4, 0.5) is 5.82 Å². The number of nitrogens with one attached hydrogen (secondary N) is 2. The summed E-state index contributed by atoms with van der Waals surface area (Å²) in [6.45, 7) is 3.97. The molecule has 2 rings (SSSR count). The molecule has 0 radical (unpaired) electrons. The molecule has 0 amide bonds. The molecule has 0 saturated heterocycles. The quantitative estimate of drug-likeness (QED) is 0.690. The molecular formula is C11H18N4. The summed E-state index contributed by atoms with van der Waals surface area (Å²) in [6.07, 6.45) is 5.64. The summed E-state index contributed by atoms with van der Waals surface area (Å²) in [4.78, 5) is 8.33. The van der Waals surface area contributed by atoms with Crippen LogP contribution in [0.15, 0.2) is 12.3 Å². The lowest BCUT2D eigenvalue weighted by molar-refractivity contribution is 0.658. The minimum Gasteiger partial charge on any atom is -0.370 e. The predicted octanol–water partition coefficient (Wildman–Crippen LogP) is 1.34. The molecule has 1 aliphatic rings. The molecule has 4 nitrogen and oxygen atoms in total. The third-order valence-electron chi connectivity index (χ3n) is 2.45. The van der Waals surface area contributed by atoms with Gasteiger partial charge in [0.25, 0.3) is 0 Å². The highest BCUT2D eigenvalue weighted by Crippen LogP contribution is 2.18. The number of hydrogen-bond acceptors (Lipinski definition) is 4. The Kier molecular flexibility index (Phi) is 3.50. The van der Waals surface area contributed by atoms with Gasteiger partial charge in [-0.2, -0.15) is 0 Å². The Morgan fingerprint density at radius 1 is 1.40 bits per heavy atom. The van der Waals surface area contributed by atoms with Crippen molar-refractivity contribution in [2.75, 3.05) is 18.4 Å². The molecule has 2 N–H and O–H groups in total. The molecule has 0 unspecified atom stereocenters. The molecule has 1 aromatic rings. The smallest absolute Gasteiger partial charge is 0.129 e. The van der Waals surface area contributed by atoms with Crippen molar-refractivity contribution < 1.29 is 0 Å². The van der Waals surface area contributed by atoms with Gasteiger partial charge in [0.05, 0.1) is 0 Å². The van der Waals surface area contributed by atoms with E-state index in [1.807, 2.05) is 13.0 Å². The van der Waals surface area contributed by atoms with Gasteiger partial charge in [0, 0.05) is 18.8 Å². The summed E-state index contributed by atoms with van der Waals surface area (Å²) in [6, 6.07) is 2.72. The normalized spacial score (nSPS) is 15.3. The average Bonchev–Trinajstić information content (AvgIpc) is 3.01. The average molecular weight is 206 g/mol. The van der Waals surface area contributed by atoms with Crippen molar-refractivity contribution >= 4 is 5.82 Å². The van der Waals surface area contributed by atoms with Gasteiger partial charge in [0.1, 0.15) is 11.6 Å². The number of nitrogens with zero attached hydrogens (tertiary/aromatic N) is 2. The fourth-order valence-corrected chi connectivity index (χ4v) is 1.45. The predicted molar refractivity (Wildman–Crippen MR) is 60.9 cm³/mol. The third kappa shape index (κ3) is 3.83. The largest absolute Gasteiger partial charge is 0.370 e. The Morgan fingerprint density at radius 3 is 3.00 bits per heavy atom. The SMILES string of the molecule is Cc1nccc(NCCCNC2CC2)n1. The maximum atomic E-state index is 4.28. The van der Waals surface area contributed by atoms with Gasteiger partial charge in [-0.25, -0.2) is 9.97 Å². The second-order valence-electron chi connectivity index (χ2n) is 4.00. The number of aryl methyl sites for hydroxylation is 1. The Labute approximate surface area is 90.5 Å². The van der Waals surface area contributed by atoms with Crippen LogP contribution in [-0.4, -0.2) is 29.1 Å². The maximum Gasteiger partial charge on any atom is 0.129 e. The van der Waals surface area contributed by atoms with E-state index in [9.17, 15) is 0 Å². The molecule has 0 bridgehead atoms. The molecule has 1 fully saturated rings. The van der Waals surface area contributed by atoms with E-state index >= 15 is 0 Å². The van der Waals surface area contributed by atoms with Crippen LogP contribution in [0.1, 0.15) is 25.1 Å². The van der Waals surface area contributed by atoms with Crippen LogP contribution in [0.5, 0.6) is 0 Å². The highest BCUT2D eigenvalue weighted by atomic mass is 15.0. The first-order chi connectivity index (χ1) is 7.34. The molecule has 1 aromatic heterocycles. The Hall–Kier alpha value is -1.16. The second-order valence-corrected chi connectivity index (χ2v) is 4.00. The molecule has 0 spiro atoms. The lowest BCUT2D eigenvalue weighted by Crippen LogP contribution is -2.20. The van der Waals surface area contributed by atoms with Gasteiger partial charge in [-0.15, -0.1) is 0 Å². The first-order valence-corrected chi connectivity index (χ1v) is 5.61.